The first-order valence-corrected chi connectivity index (χ1v) is 23.6. The molecule has 12 heteroatoms. The van der Waals surface area contributed by atoms with Crippen molar-refractivity contribution in [2.45, 2.75) is 89.4 Å². The average Bonchev–Trinajstić information content (AvgIpc) is 3.36. The first-order chi connectivity index (χ1) is 33.2. The number of carbonyl (C=O) groups excluding carboxylic acids is 1. The standard InChI is InChI=1S/C56H59FN4O7/c1-3-30-66-56-52(61(35-40-20-24-44(57)25-21-40)55(64)42-22-18-39(34-58)19-23-42)33-50(60-67-36-41-13-5-4-6-14-41)48-31-43(15-7-9-28-62)47(17-8-10-29-63)53(54(48)56)49-32-46(26-27-51(49)68-56)65-37-45-16-11-12-38(2)59-45/h3-6,11-14,16,18-27,31-32,43,47,52-54,62-63H,1,7-10,15,17,28-30,33,35-37H2,2H3/t43-,47+,52-,53+,54+,56+/m0/s1. The van der Waals surface area contributed by atoms with E-state index in [4.69, 9.17) is 24.2 Å². The number of hydrogen-bond donors (Lipinski definition) is 2. The average molecular weight is 919 g/mol. The summed E-state index contributed by atoms with van der Waals surface area (Å²) in [4.78, 5) is 28.1. The van der Waals surface area contributed by atoms with E-state index in [9.17, 15) is 19.9 Å². The van der Waals surface area contributed by atoms with Crippen LogP contribution in [-0.2, 0) is 29.3 Å². The van der Waals surface area contributed by atoms with Crippen LogP contribution in [0.15, 0.2) is 145 Å². The molecule has 68 heavy (non-hydrogen) atoms. The molecule has 3 aliphatic rings. The predicted octanol–water partition coefficient (Wildman–Crippen LogP) is 10.2. The van der Waals surface area contributed by atoms with Crippen LogP contribution in [-0.4, -0.2) is 63.4 Å². The van der Waals surface area contributed by atoms with Crippen LogP contribution in [0.3, 0.4) is 0 Å². The van der Waals surface area contributed by atoms with Crippen molar-refractivity contribution in [2.24, 2.45) is 22.9 Å². The number of carbonyl (C=O) groups is 1. The summed E-state index contributed by atoms with van der Waals surface area (Å²) in [6.45, 7) is 6.73. The third kappa shape index (κ3) is 10.7. The molecule has 1 saturated carbocycles. The number of halogens is 1. The van der Waals surface area contributed by atoms with Crippen LogP contribution in [0, 0.1) is 41.8 Å². The normalized spacial score (nSPS) is 21.9. The number of unbranched alkanes of at least 4 members (excludes halogenated alkanes) is 2. The number of nitrogens with zero attached hydrogens (tertiary/aromatic N) is 4. The fourth-order valence-corrected chi connectivity index (χ4v) is 10.3. The minimum atomic E-state index is -1.54. The van der Waals surface area contributed by atoms with Gasteiger partial charge in [0.2, 0.25) is 5.79 Å². The number of aromatic nitrogens is 1. The van der Waals surface area contributed by atoms with E-state index >= 15 is 4.79 Å². The molecule has 1 aromatic heterocycles. The summed E-state index contributed by atoms with van der Waals surface area (Å²) in [5, 5.41) is 34.7. The number of allylic oxidation sites excluding steroid dienone is 1. The number of rotatable bonds is 21. The number of fused-ring (bicyclic) bond motifs is 2. The molecule has 2 N–H and O–H groups in total. The van der Waals surface area contributed by atoms with Gasteiger partial charge < -0.3 is 34.2 Å². The van der Waals surface area contributed by atoms with Crippen LogP contribution in [0.2, 0.25) is 0 Å². The molecular formula is C56H59FN4O7. The van der Waals surface area contributed by atoms with Gasteiger partial charge in [0, 0.05) is 48.9 Å². The zero-order valence-corrected chi connectivity index (χ0v) is 38.5. The number of pyridine rings is 1. The topological polar surface area (TPSA) is 147 Å². The monoisotopic (exact) mass is 918 g/mol. The van der Waals surface area contributed by atoms with Gasteiger partial charge in [-0.15, -0.1) is 6.58 Å². The lowest BCUT2D eigenvalue weighted by molar-refractivity contribution is -0.255. The Morgan fingerprint density at radius 1 is 0.941 bits per heavy atom. The van der Waals surface area contributed by atoms with Crippen molar-refractivity contribution in [1.82, 2.24) is 9.88 Å². The summed E-state index contributed by atoms with van der Waals surface area (Å²) in [5.74, 6) is -1.93. The number of amides is 1. The Hall–Kier alpha value is -6.65. The number of ether oxygens (including phenoxy) is 3. The summed E-state index contributed by atoms with van der Waals surface area (Å²) in [5.41, 5.74) is 6.51. The molecule has 2 heterocycles. The fourth-order valence-electron chi connectivity index (χ4n) is 10.3. The summed E-state index contributed by atoms with van der Waals surface area (Å²) in [6.07, 6.45) is 8.50. The fraction of sp³-hybridized carbons (Fsp3) is 0.357. The maximum atomic E-state index is 15.4. The molecule has 352 valence electrons. The Kier molecular flexibility index (Phi) is 15.8. The number of oxime groups is 1. The van der Waals surface area contributed by atoms with Gasteiger partial charge in [0.05, 0.1) is 35.6 Å². The summed E-state index contributed by atoms with van der Waals surface area (Å²) in [7, 11) is 0. The Morgan fingerprint density at radius 3 is 2.43 bits per heavy atom. The van der Waals surface area contributed by atoms with E-state index in [0.29, 0.717) is 46.7 Å². The second-order valence-corrected chi connectivity index (χ2v) is 17.8. The zero-order chi connectivity index (χ0) is 47.5. The molecule has 8 rings (SSSR count). The highest BCUT2D eigenvalue weighted by atomic mass is 19.1. The van der Waals surface area contributed by atoms with Gasteiger partial charge >= 0.3 is 0 Å². The van der Waals surface area contributed by atoms with Gasteiger partial charge in [-0.25, -0.2) is 4.39 Å². The molecule has 0 unspecified atom stereocenters. The van der Waals surface area contributed by atoms with E-state index in [1.54, 1.807) is 47.4 Å². The Morgan fingerprint density at radius 2 is 1.71 bits per heavy atom. The molecule has 6 atom stereocenters. The number of aliphatic hydroxyl groups is 2. The van der Waals surface area contributed by atoms with Crippen molar-refractivity contribution in [2.75, 3.05) is 19.8 Å². The maximum Gasteiger partial charge on any atom is 0.254 e. The van der Waals surface area contributed by atoms with Gasteiger partial charge in [0.25, 0.3) is 5.91 Å². The first kappa shape index (κ1) is 47.8. The van der Waals surface area contributed by atoms with Gasteiger partial charge in [0.15, 0.2) is 0 Å². The van der Waals surface area contributed by atoms with Crippen molar-refractivity contribution in [3.63, 3.8) is 0 Å². The van der Waals surface area contributed by atoms with Gasteiger partial charge in [-0.1, -0.05) is 78.7 Å². The second kappa shape index (κ2) is 22.4. The van der Waals surface area contributed by atoms with Crippen LogP contribution >= 0.6 is 0 Å². The molecule has 11 nitrogen and oxygen atoms in total. The van der Waals surface area contributed by atoms with Crippen molar-refractivity contribution in [3.8, 4) is 17.6 Å². The molecule has 4 aromatic carbocycles. The van der Waals surface area contributed by atoms with Crippen LogP contribution in [0.5, 0.6) is 11.5 Å². The number of hydrogen-bond acceptors (Lipinski definition) is 10. The molecule has 1 aliphatic heterocycles. The number of benzene rings is 4. The first-order valence-electron chi connectivity index (χ1n) is 23.6. The highest BCUT2D eigenvalue weighted by molar-refractivity contribution is 6.03. The summed E-state index contributed by atoms with van der Waals surface area (Å²) >= 11 is 0. The Balaban J connectivity index is 1.34. The molecule has 1 amide bonds. The van der Waals surface area contributed by atoms with Crippen LogP contribution < -0.4 is 9.47 Å². The van der Waals surface area contributed by atoms with E-state index in [-0.39, 0.29) is 69.7 Å². The van der Waals surface area contributed by atoms with E-state index in [1.165, 1.54) is 12.1 Å². The quantitative estimate of drug-likeness (QED) is 0.0417. The minimum absolute atomic E-state index is 0.0120. The smallest absolute Gasteiger partial charge is 0.254 e. The van der Waals surface area contributed by atoms with Crippen LogP contribution in [0.4, 0.5) is 4.39 Å². The molecule has 5 aromatic rings. The van der Waals surface area contributed by atoms with Gasteiger partial charge in [0.1, 0.15) is 36.6 Å². The lowest BCUT2D eigenvalue weighted by atomic mass is 9.55. The maximum absolute atomic E-state index is 15.4. The van der Waals surface area contributed by atoms with Crippen molar-refractivity contribution < 1.29 is 38.4 Å². The van der Waals surface area contributed by atoms with Crippen LogP contribution in [0.25, 0.3) is 0 Å². The highest BCUT2D eigenvalue weighted by Crippen LogP contribution is 2.62. The third-order valence-corrected chi connectivity index (χ3v) is 13.4. The van der Waals surface area contributed by atoms with Gasteiger partial charge in [-0.05, 0) is 128 Å². The van der Waals surface area contributed by atoms with Crippen molar-refractivity contribution in [1.29, 1.82) is 5.26 Å². The Labute approximate surface area is 398 Å². The van der Waals surface area contributed by atoms with Gasteiger partial charge in [-0.3, -0.25) is 9.78 Å². The molecule has 1 fully saturated rings. The largest absolute Gasteiger partial charge is 0.487 e. The minimum Gasteiger partial charge on any atom is -0.487 e. The third-order valence-electron chi connectivity index (χ3n) is 13.4. The molecule has 0 spiro atoms. The number of aliphatic hydroxyl groups excluding tert-OH is 2. The molecule has 2 aliphatic carbocycles. The van der Waals surface area contributed by atoms with Crippen molar-refractivity contribution >= 4 is 11.6 Å². The summed E-state index contributed by atoms with van der Waals surface area (Å²) in [6, 6.07) is 35.4. The van der Waals surface area contributed by atoms with E-state index < -0.39 is 23.6 Å². The highest BCUT2D eigenvalue weighted by Gasteiger charge is 2.65. The molecule has 0 saturated heterocycles. The van der Waals surface area contributed by atoms with Gasteiger partial charge in [-0.2, -0.15) is 5.26 Å². The molecule has 0 bridgehead atoms. The second-order valence-electron chi connectivity index (χ2n) is 17.8. The predicted molar refractivity (Wildman–Crippen MR) is 257 cm³/mol. The van der Waals surface area contributed by atoms with Crippen molar-refractivity contribution in [3.05, 3.63) is 185 Å². The molecular weight excluding hydrogens is 860 g/mol. The van der Waals surface area contributed by atoms with Crippen LogP contribution in [0.1, 0.15) is 94.9 Å². The van der Waals surface area contributed by atoms with E-state index in [0.717, 1.165) is 53.8 Å². The lowest BCUT2D eigenvalue weighted by Gasteiger charge is -2.60. The number of nitriles is 1. The zero-order valence-electron chi connectivity index (χ0n) is 38.5. The van der Waals surface area contributed by atoms with E-state index in [1.807, 2.05) is 67.6 Å². The van der Waals surface area contributed by atoms with E-state index in [2.05, 4.69) is 29.8 Å². The molecule has 0 radical (unpaired) electrons. The summed E-state index contributed by atoms with van der Waals surface area (Å²) < 4.78 is 35.6. The SMILES string of the molecule is C=CCO[C@@]12Oc3ccc(OCc4cccc(C)n4)cc3[C@H]3[C@H](CCCCO)[C@@H](CCCCO)C=C(C(=NOCc4ccccc4)C[C@@H]1N(Cc1ccc(F)cc1)C(=O)c1ccc(C#N)cc1)[C@H]32. The lowest BCUT2D eigenvalue weighted by Crippen LogP contribution is -2.70. The Bertz CT molecular complexity index is 2610. The number of aryl methyl sites for hydroxylation is 1.